The van der Waals surface area contributed by atoms with Crippen molar-refractivity contribution in [2.24, 2.45) is 7.05 Å². The van der Waals surface area contributed by atoms with E-state index >= 15 is 0 Å². The minimum absolute atomic E-state index is 0.825. The molecular formula is C13H26NSi2+. The summed E-state index contributed by atoms with van der Waals surface area (Å²) in [5, 5.41) is 0.825. The third-order valence-electron chi connectivity index (χ3n) is 3.12. The average molecular weight is 253 g/mol. The first-order chi connectivity index (χ1) is 7.14. The molecule has 1 aromatic heterocycles. The smallest absolute Gasteiger partial charge is 0.178 e. The molecule has 0 aliphatic carbocycles. The maximum absolute atomic E-state index is 2.50. The Labute approximate surface area is 103 Å². The van der Waals surface area contributed by atoms with E-state index in [1.807, 2.05) is 0 Å². The van der Waals surface area contributed by atoms with E-state index in [1.165, 1.54) is 0 Å². The van der Waals surface area contributed by atoms with Crippen molar-refractivity contribution in [3.05, 3.63) is 30.1 Å². The van der Waals surface area contributed by atoms with Crippen LogP contribution in [0.1, 0.15) is 10.9 Å². The molecule has 1 rings (SSSR count). The van der Waals surface area contributed by atoms with E-state index in [2.05, 4.69) is 75.3 Å². The van der Waals surface area contributed by atoms with Gasteiger partial charge in [0.1, 0.15) is 7.05 Å². The van der Waals surface area contributed by atoms with Gasteiger partial charge < -0.3 is 0 Å². The Morgan fingerprint density at radius 3 is 1.81 bits per heavy atom. The van der Waals surface area contributed by atoms with E-state index in [0.29, 0.717) is 0 Å². The lowest BCUT2D eigenvalue weighted by Crippen LogP contribution is -2.52. The van der Waals surface area contributed by atoms with Crippen LogP contribution in [-0.4, -0.2) is 16.1 Å². The summed E-state index contributed by atoms with van der Waals surface area (Å²) in [7, 11) is -0.124. The lowest BCUT2D eigenvalue weighted by molar-refractivity contribution is -0.678. The molecule has 3 heteroatoms. The van der Waals surface area contributed by atoms with Gasteiger partial charge in [0, 0.05) is 17.3 Å². The molecule has 0 radical (unpaired) electrons. The quantitative estimate of drug-likeness (QED) is 0.574. The molecule has 1 aromatic rings. The summed E-state index contributed by atoms with van der Waals surface area (Å²) in [4.78, 5) is 0. The largest absolute Gasteiger partial charge is 0.205 e. The fraction of sp³-hybridized carbons (Fsp3) is 0.615. The molecule has 0 N–H and O–H groups in total. The van der Waals surface area contributed by atoms with Crippen LogP contribution in [0.4, 0.5) is 0 Å². The summed E-state index contributed by atoms with van der Waals surface area (Å²) in [6.07, 6.45) is 2.18. The third-order valence-corrected chi connectivity index (χ3v) is 12.4. The first kappa shape index (κ1) is 13.6. The monoisotopic (exact) mass is 252 g/mol. The number of rotatable bonds is 3. The highest BCUT2D eigenvalue weighted by atomic mass is 28.4. The van der Waals surface area contributed by atoms with Crippen LogP contribution in [0, 0.1) is 0 Å². The maximum atomic E-state index is 2.50. The van der Waals surface area contributed by atoms with Gasteiger partial charge in [-0.05, 0) is 0 Å². The summed E-state index contributed by atoms with van der Waals surface area (Å²) >= 11 is 0. The second-order valence-corrected chi connectivity index (χ2v) is 18.1. The van der Waals surface area contributed by atoms with Crippen molar-refractivity contribution in [3.8, 4) is 0 Å². The van der Waals surface area contributed by atoms with Gasteiger partial charge in [0.25, 0.3) is 0 Å². The summed E-state index contributed by atoms with van der Waals surface area (Å²) in [5.41, 5.74) is 1.54. The predicted octanol–water partition coefficient (Wildman–Crippen LogP) is 3.35. The Bertz CT molecular complexity index is 347. The second kappa shape index (κ2) is 4.45. The van der Waals surface area contributed by atoms with Gasteiger partial charge in [-0.3, -0.25) is 0 Å². The number of nitrogens with zero attached hydrogens (tertiary/aromatic N) is 1. The lowest BCUT2D eigenvalue weighted by Gasteiger charge is -2.36. The van der Waals surface area contributed by atoms with Crippen LogP contribution in [0.5, 0.6) is 0 Å². The van der Waals surface area contributed by atoms with Gasteiger partial charge in [-0.25, -0.2) is 4.57 Å². The molecular weight excluding hydrogens is 226 g/mol. The first-order valence-corrected chi connectivity index (χ1v) is 13.2. The molecule has 0 aliphatic rings. The number of pyridine rings is 1. The fourth-order valence-corrected chi connectivity index (χ4v) is 15.8. The predicted molar refractivity (Wildman–Crippen MR) is 77.1 cm³/mol. The van der Waals surface area contributed by atoms with Crippen LogP contribution >= 0.6 is 0 Å². The number of hydrogen-bond donors (Lipinski definition) is 0. The van der Waals surface area contributed by atoms with Crippen LogP contribution < -0.4 is 4.57 Å². The minimum atomic E-state index is -1.15. The Balaban J connectivity index is 3.29. The zero-order valence-corrected chi connectivity index (χ0v) is 13.8. The van der Waals surface area contributed by atoms with E-state index in [9.17, 15) is 0 Å². The standard InChI is InChI=1S/C13H26NSi2/c1-14-11-9-8-10-12(14)13(15(2,3)4)16(5,6)7/h8-11,13H,1-7H3/q+1. The number of aryl methyl sites for hydroxylation is 1. The molecule has 0 saturated carbocycles. The Kier molecular flexibility index (Phi) is 3.80. The van der Waals surface area contributed by atoms with E-state index in [-0.39, 0.29) is 0 Å². The SMILES string of the molecule is C[n+]1ccccc1C([Si](C)(C)C)[Si](C)(C)C. The van der Waals surface area contributed by atoms with E-state index in [1.54, 1.807) is 5.69 Å². The maximum Gasteiger partial charge on any atom is 0.178 e. The Morgan fingerprint density at radius 1 is 0.938 bits per heavy atom. The zero-order valence-electron chi connectivity index (χ0n) is 11.8. The van der Waals surface area contributed by atoms with Crippen molar-refractivity contribution in [1.82, 2.24) is 0 Å². The van der Waals surface area contributed by atoms with Crippen molar-refractivity contribution < 1.29 is 4.57 Å². The molecule has 1 nitrogen and oxygen atoms in total. The number of aromatic nitrogens is 1. The van der Waals surface area contributed by atoms with E-state index in [0.717, 1.165) is 5.16 Å². The lowest BCUT2D eigenvalue weighted by atomic mass is 10.4. The molecule has 0 amide bonds. The summed E-state index contributed by atoms with van der Waals surface area (Å²) in [6.45, 7) is 15.0. The average Bonchev–Trinajstić information content (AvgIpc) is 2.03. The van der Waals surface area contributed by atoms with Crippen molar-refractivity contribution in [2.45, 2.75) is 44.4 Å². The molecule has 0 atom stereocenters. The normalized spacial score (nSPS) is 13.2. The molecule has 0 fully saturated rings. The van der Waals surface area contributed by atoms with Gasteiger partial charge in [-0.15, -0.1) is 0 Å². The van der Waals surface area contributed by atoms with Crippen LogP contribution in [0.25, 0.3) is 0 Å². The molecule has 0 aromatic carbocycles. The van der Waals surface area contributed by atoms with Crippen molar-refractivity contribution in [1.29, 1.82) is 0 Å². The van der Waals surface area contributed by atoms with Crippen LogP contribution in [0.3, 0.4) is 0 Å². The summed E-state index contributed by atoms with van der Waals surface area (Å²) in [6, 6.07) is 6.62. The molecule has 0 spiro atoms. The minimum Gasteiger partial charge on any atom is -0.205 e. The Morgan fingerprint density at radius 2 is 1.44 bits per heavy atom. The van der Waals surface area contributed by atoms with Crippen molar-refractivity contribution in [3.63, 3.8) is 0 Å². The molecule has 1 heterocycles. The topological polar surface area (TPSA) is 3.88 Å². The van der Waals surface area contributed by atoms with Gasteiger partial charge in [-0.2, -0.15) is 0 Å². The van der Waals surface area contributed by atoms with Crippen molar-refractivity contribution in [2.75, 3.05) is 0 Å². The molecule has 90 valence electrons. The zero-order chi connectivity index (χ0) is 12.6. The molecule has 0 aliphatic heterocycles. The third kappa shape index (κ3) is 3.04. The van der Waals surface area contributed by atoms with Crippen molar-refractivity contribution >= 4 is 16.1 Å². The van der Waals surface area contributed by atoms with Gasteiger partial charge in [0.05, 0.1) is 16.1 Å². The van der Waals surface area contributed by atoms with Gasteiger partial charge in [-0.1, -0.05) is 45.3 Å². The van der Waals surface area contributed by atoms with E-state index < -0.39 is 16.1 Å². The Hall–Kier alpha value is -0.416. The van der Waals surface area contributed by atoms with Gasteiger partial charge >= 0.3 is 0 Å². The second-order valence-electron chi connectivity index (χ2n) is 6.90. The molecule has 16 heavy (non-hydrogen) atoms. The number of hydrogen-bond acceptors (Lipinski definition) is 0. The highest BCUT2D eigenvalue weighted by molar-refractivity contribution is 6.96. The molecule has 0 unspecified atom stereocenters. The van der Waals surface area contributed by atoms with Crippen LogP contribution in [0.15, 0.2) is 24.4 Å². The van der Waals surface area contributed by atoms with Crippen LogP contribution in [0.2, 0.25) is 39.3 Å². The molecule has 0 saturated heterocycles. The molecule has 0 bridgehead atoms. The fourth-order valence-electron chi connectivity index (χ4n) is 3.02. The van der Waals surface area contributed by atoms with Crippen LogP contribution in [-0.2, 0) is 7.05 Å². The highest BCUT2D eigenvalue weighted by Crippen LogP contribution is 2.33. The van der Waals surface area contributed by atoms with Gasteiger partial charge in [0.15, 0.2) is 11.9 Å². The highest BCUT2D eigenvalue weighted by Gasteiger charge is 2.42. The summed E-state index contributed by atoms with van der Waals surface area (Å²) in [5.74, 6) is 0. The van der Waals surface area contributed by atoms with Gasteiger partial charge in [0.2, 0.25) is 0 Å². The first-order valence-electron chi connectivity index (χ1n) is 6.08. The summed E-state index contributed by atoms with van der Waals surface area (Å²) < 4.78 is 2.32. The van der Waals surface area contributed by atoms with E-state index in [4.69, 9.17) is 0 Å².